The predicted octanol–water partition coefficient (Wildman–Crippen LogP) is 2.50. The monoisotopic (exact) mass is 309 g/mol. The van der Waals surface area contributed by atoms with Gasteiger partial charge < -0.3 is 15.1 Å². The fraction of sp³-hybridized carbons (Fsp3) is 0.647. The molecule has 0 aromatic heterocycles. The molecule has 1 heterocycles. The van der Waals surface area contributed by atoms with Crippen molar-refractivity contribution >= 4 is 11.6 Å². The highest BCUT2D eigenvalue weighted by molar-refractivity contribution is 6.30. The molecule has 3 nitrogen and oxygen atoms in total. The van der Waals surface area contributed by atoms with Crippen molar-refractivity contribution in [2.24, 2.45) is 0 Å². The van der Waals surface area contributed by atoms with Crippen LogP contribution in [0, 0.1) is 0 Å². The number of nitrogens with one attached hydrogen (secondary N) is 1. The molecule has 0 bridgehead atoms. The van der Waals surface area contributed by atoms with Gasteiger partial charge in [0.15, 0.2) is 0 Å². The molecular formula is C17H28ClN3. The summed E-state index contributed by atoms with van der Waals surface area (Å²) in [4.78, 5) is 4.95. The summed E-state index contributed by atoms with van der Waals surface area (Å²) in [5.41, 5.74) is 1.36. The number of hydrogen-bond acceptors (Lipinski definition) is 3. The number of halogens is 1. The standard InChI is InChI=1S/C17H28ClN3/c1-4-19-16(11-14-5-7-15(18)8-6-14)12-17-13-20(2)9-10-21(17)3/h5-8,16-17,19H,4,9-13H2,1-3H3. The van der Waals surface area contributed by atoms with Crippen molar-refractivity contribution in [2.75, 3.05) is 40.3 Å². The fourth-order valence-electron chi connectivity index (χ4n) is 3.12. The van der Waals surface area contributed by atoms with E-state index in [1.54, 1.807) is 0 Å². The van der Waals surface area contributed by atoms with Crippen LogP contribution in [0.1, 0.15) is 18.9 Å². The highest BCUT2D eigenvalue weighted by atomic mass is 35.5. The quantitative estimate of drug-likeness (QED) is 0.871. The molecule has 0 aliphatic carbocycles. The molecular weight excluding hydrogens is 282 g/mol. The van der Waals surface area contributed by atoms with Gasteiger partial charge in [-0.2, -0.15) is 0 Å². The lowest BCUT2D eigenvalue weighted by Crippen LogP contribution is -2.52. The summed E-state index contributed by atoms with van der Waals surface area (Å²) < 4.78 is 0. The zero-order valence-corrected chi connectivity index (χ0v) is 14.2. The summed E-state index contributed by atoms with van der Waals surface area (Å²) in [5.74, 6) is 0. The van der Waals surface area contributed by atoms with Gasteiger partial charge in [-0.1, -0.05) is 30.7 Å². The Balaban J connectivity index is 1.96. The summed E-state index contributed by atoms with van der Waals surface area (Å²) in [6.45, 7) is 6.71. The Hall–Kier alpha value is -0.610. The summed E-state index contributed by atoms with van der Waals surface area (Å²) in [6.07, 6.45) is 2.26. The molecule has 4 heteroatoms. The zero-order chi connectivity index (χ0) is 15.2. The molecule has 0 radical (unpaired) electrons. The van der Waals surface area contributed by atoms with E-state index in [9.17, 15) is 0 Å². The molecule has 1 aromatic carbocycles. The van der Waals surface area contributed by atoms with Crippen LogP contribution in [0.3, 0.4) is 0 Å². The van der Waals surface area contributed by atoms with Crippen LogP contribution >= 0.6 is 11.6 Å². The summed E-state index contributed by atoms with van der Waals surface area (Å²) in [5, 5.41) is 4.46. The second-order valence-electron chi connectivity index (χ2n) is 6.22. The van der Waals surface area contributed by atoms with Crippen molar-refractivity contribution in [1.29, 1.82) is 0 Å². The Bertz CT molecular complexity index is 421. The third kappa shape index (κ3) is 5.26. The summed E-state index contributed by atoms with van der Waals surface area (Å²) in [7, 11) is 4.48. The third-order valence-electron chi connectivity index (χ3n) is 4.42. The first-order chi connectivity index (χ1) is 10.1. The maximum Gasteiger partial charge on any atom is 0.0406 e. The summed E-state index contributed by atoms with van der Waals surface area (Å²) >= 11 is 5.97. The second-order valence-corrected chi connectivity index (χ2v) is 6.65. The maximum absolute atomic E-state index is 5.97. The molecule has 2 rings (SSSR count). The lowest BCUT2D eigenvalue weighted by molar-refractivity contribution is 0.101. The number of rotatable bonds is 6. The number of likely N-dealkylation sites (N-methyl/N-ethyl adjacent to an activating group) is 3. The molecule has 2 unspecified atom stereocenters. The van der Waals surface area contributed by atoms with Crippen molar-refractivity contribution in [3.8, 4) is 0 Å². The Morgan fingerprint density at radius 2 is 1.95 bits per heavy atom. The minimum absolute atomic E-state index is 0.523. The van der Waals surface area contributed by atoms with Gasteiger partial charge in [0.05, 0.1) is 0 Å². The number of hydrogen-bond donors (Lipinski definition) is 1. The van der Waals surface area contributed by atoms with Crippen LogP contribution in [0.15, 0.2) is 24.3 Å². The lowest BCUT2D eigenvalue weighted by Gasteiger charge is -2.39. The predicted molar refractivity (Wildman–Crippen MR) is 91.2 cm³/mol. The summed E-state index contributed by atoms with van der Waals surface area (Å²) in [6, 6.07) is 9.42. The molecule has 1 fully saturated rings. The first-order valence-electron chi connectivity index (χ1n) is 7.95. The molecule has 1 aliphatic heterocycles. The lowest BCUT2D eigenvalue weighted by atomic mass is 9.97. The van der Waals surface area contributed by atoms with E-state index in [1.807, 2.05) is 12.1 Å². The van der Waals surface area contributed by atoms with Crippen molar-refractivity contribution < 1.29 is 0 Å². The van der Waals surface area contributed by atoms with Gasteiger partial charge in [0.2, 0.25) is 0 Å². The van der Waals surface area contributed by atoms with Crippen molar-refractivity contribution in [1.82, 2.24) is 15.1 Å². The normalized spacial score (nSPS) is 22.4. The SMILES string of the molecule is CCNC(Cc1ccc(Cl)cc1)CC1CN(C)CCN1C. The van der Waals surface area contributed by atoms with Gasteiger partial charge in [0.1, 0.15) is 0 Å². The molecule has 1 aliphatic rings. The minimum atomic E-state index is 0.523. The molecule has 21 heavy (non-hydrogen) atoms. The zero-order valence-electron chi connectivity index (χ0n) is 13.5. The number of piperazine rings is 1. The van der Waals surface area contributed by atoms with Crippen LogP contribution < -0.4 is 5.32 Å². The first-order valence-corrected chi connectivity index (χ1v) is 8.33. The Morgan fingerprint density at radius 1 is 1.24 bits per heavy atom. The van der Waals surface area contributed by atoms with E-state index in [4.69, 9.17) is 11.6 Å². The van der Waals surface area contributed by atoms with Crippen molar-refractivity contribution in [3.63, 3.8) is 0 Å². The number of nitrogens with zero attached hydrogens (tertiary/aromatic N) is 2. The molecule has 1 aromatic rings. The van der Waals surface area contributed by atoms with Gasteiger partial charge >= 0.3 is 0 Å². The largest absolute Gasteiger partial charge is 0.314 e. The Kier molecular flexibility index (Phi) is 6.49. The van der Waals surface area contributed by atoms with Crippen LogP contribution in [0.4, 0.5) is 0 Å². The van der Waals surface area contributed by atoms with Gasteiger partial charge in [0, 0.05) is 36.7 Å². The van der Waals surface area contributed by atoms with Crippen LogP contribution in [0.25, 0.3) is 0 Å². The van der Waals surface area contributed by atoms with E-state index in [2.05, 4.69) is 48.3 Å². The van der Waals surface area contributed by atoms with Crippen LogP contribution in [-0.2, 0) is 6.42 Å². The second kappa shape index (κ2) is 8.14. The molecule has 0 saturated carbocycles. The highest BCUT2D eigenvalue weighted by Crippen LogP contribution is 2.16. The molecule has 1 saturated heterocycles. The minimum Gasteiger partial charge on any atom is -0.314 e. The fourth-order valence-corrected chi connectivity index (χ4v) is 3.24. The van der Waals surface area contributed by atoms with E-state index >= 15 is 0 Å². The topological polar surface area (TPSA) is 18.5 Å². The van der Waals surface area contributed by atoms with Gasteiger partial charge in [-0.05, 0) is 51.2 Å². The molecule has 1 N–H and O–H groups in total. The smallest absolute Gasteiger partial charge is 0.0406 e. The van der Waals surface area contributed by atoms with Crippen LogP contribution in [0.5, 0.6) is 0 Å². The molecule has 0 amide bonds. The average molecular weight is 310 g/mol. The van der Waals surface area contributed by atoms with Gasteiger partial charge in [0.25, 0.3) is 0 Å². The highest BCUT2D eigenvalue weighted by Gasteiger charge is 2.25. The Labute approximate surface area is 134 Å². The number of benzene rings is 1. The van der Waals surface area contributed by atoms with Gasteiger partial charge in [-0.3, -0.25) is 0 Å². The van der Waals surface area contributed by atoms with E-state index < -0.39 is 0 Å². The van der Waals surface area contributed by atoms with E-state index in [0.717, 1.165) is 18.0 Å². The van der Waals surface area contributed by atoms with Gasteiger partial charge in [-0.25, -0.2) is 0 Å². The molecule has 0 spiro atoms. The Morgan fingerprint density at radius 3 is 2.62 bits per heavy atom. The third-order valence-corrected chi connectivity index (χ3v) is 4.68. The molecule has 2 atom stereocenters. The van der Waals surface area contributed by atoms with Crippen molar-refractivity contribution in [2.45, 2.75) is 31.8 Å². The van der Waals surface area contributed by atoms with E-state index in [0.29, 0.717) is 12.1 Å². The van der Waals surface area contributed by atoms with E-state index in [1.165, 1.54) is 31.6 Å². The maximum atomic E-state index is 5.97. The molecule has 118 valence electrons. The average Bonchev–Trinajstić information content (AvgIpc) is 2.45. The first kappa shape index (κ1) is 16.8. The van der Waals surface area contributed by atoms with E-state index in [-0.39, 0.29) is 0 Å². The van der Waals surface area contributed by atoms with Crippen molar-refractivity contribution in [3.05, 3.63) is 34.9 Å². The van der Waals surface area contributed by atoms with Gasteiger partial charge in [-0.15, -0.1) is 0 Å². The van der Waals surface area contributed by atoms with Crippen LogP contribution in [-0.4, -0.2) is 62.2 Å². The van der Waals surface area contributed by atoms with Crippen LogP contribution in [0.2, 0.25) is 5.02 Å².